The molecular weight excluding hydrogens is 347 g/mol. The summed E-state index contributed by atoms with van der Waals surface area (Å²) in [6, 6.07) is 8.37. The van der Waals surface area contributed by atoms with E-state index in [-0.39, 0.29) is 18.1 Å². The Hall–Kier alpha value is -1.80. The molecule has 26 heavy (non-hydrogen) atoms. The van der Waals surface area contributed by atoms with Crippen LogP contribution in [-0.2, 0) is 9.63 Å². The minimum atomic E-state index is -4.93. The molecule has 2 rings (SSSR count). The van der Waals surface area contributed by atoms with Gasteiger partial charge in [0.15, 0.2) is 0 Å². The molecule has 5 nitrogen and oxygen atoms in total. The number of nitrogens with zero attached hydrogens (tertiary/aromatic N) is 2. The summed E-state index contributed by atoms with van der Waals surface area (Å²) >= 11 is 0. The highest BCUT2D eigenvalue weighted by molar-refractivity contribution is 5.83. The molecule has 1 aliphatic rings. The average molecular weight is 373 g/mol. The maximum atomic E-state index is 13.0. The lowest BCUT2D eigenvalue weighted by Gasteiger charge is -2.38. The van der Waals surface area contributed by atoms with Crippen molar-refractivity contribution in [2.45, 2.75) is 45.4 Å². The topological polar surface area (TPSA) is 44.8 Å². The van der Waals surface area contributed by atoms with Crippen LogP contribution in [0.2, 0.25) is 0 Å². The van der Waals surface area contributed by atoms with E-state index < -0.39 is 12.1 Å². The zero-order valence-electron chi connectivity index (χ0n) is 15.3. The number of nitrogens with one attached hydrogen (secondary N) is 1. The van der Waals surface area contributed by atoms with Crippen LogP contribution >= 0.6 is 0 Å². The van der Waals surface area contributed by atoms with Gasteiger partial charge < -0.3 is 0 Å². The summed E-state index contributed by atoms with van der Waals surface area (Å²) in [4.78, 5) is 17.7. The number of carbonyl (C=O) groups is 1. The fourth-order valence-electron chi connectivity index (χ4n) is 2.91. The van der Waals surface area contributed by atoms with Gasteiger partial charge in [-0.2, -0.15) is 18.2 Å². The maximum absolute atomic E-state index is 13.0. The van der Waals surface area contributed by atoms with Crippen molar-refractivity contribution in [1.82, 2.24) is 10.1 Å². The van der Waals surface area contributed by atoms with E-state index in [2.05, 4.69) is 5.43 Å². The SMILES string of the molecule is CC(C)(C)ON1CCC[C@H](CN(Nc2ccccc2)C(=O)C(F)(F)F)C1. The first-order valence-electron chi connectivity index (χ1n) is 8.69. The Kier molecular flexibility index (Phi) is 6.52. The Balaban J connectivity index is 2.06. The molecule has 0 bridgehead atoms. The van der Waals surface area contributed by atoms with Crippen LogP contribution in [0.1, 0.15) is 33.6 Å². The first-order valence-corrected chi connectivity index (χ1v) is 8.69. The number of rotatable bonds is 5. The minimum absolute atomic E-state index is 0.0444. The highest BCUT2D eigenvalue weighted by Gasteiger charge is 2.43. The number of piperidine rings is 1. The van der Waals surface area contributed by atoms with Crippen molar-refractivity contribution in [2.24, 2.45) is 5.92 Å². The minimum Gasteiger partial charge on any atom is -0.296 e. The van der Waals surface area contributed by atoms with Crippen LogP contribution in [-0.4, -0.2) is 47.4 Å². The molecule has 146 valence electrons. The molecule has 8 heteroatoms. The molecule has 0 unspecified atom stereocenters. The van der Waals surface area contributed by atoms with E-state index in [9.17, 15) is 18.0 Å². The number of carbonyl (C=O) groups excluding carboxylic acids is 1. The van der Waals surface area contributed by atoms with Crippen molar-refractivity contribution in [2.75, 3.05) is 25.1 Å². The predicted molar refractivity (Wildman–Crippen MR) is 93.0 cm³/mol. The van der Waals surface area contributed by atoms with Crippen LogP contribution in [0, 0.1) is 5.92 Å². The Labute approximate surface area is 152 Å². The number of anilines is 1. The van der Waals surface area contributed by atoms with Crippen molar-refractivity contribution < 1.29 is 22.8 Å². The van der Waals surface area contributed by atoms with E-state index in [1.54, 1.807) is 35.4 Å². The lowest BCUT2D eigenvalue weighted by molar-refractivity contribution is -0.242. The molecule has 1 aromatic rings. The van der Waals surface area contributed by atoms with E-state index in [4.69, 9.17) is 4.84 Å². The summed E-state index contributed by atoms with van der Waals surface area (Å²) in [6.45, 7) is 6.94. The molecule has 1 atom stereocenters. The van der Waals surface area contributed by atoms with Gasteiger partial charge in [-0.15, -0.1) is 0 Å². The number of benzene rings is 1. The highest BCUT2D eigenvalue weighted by Crippen LogP contribution is 2.24. The standard InChI is InChI=1S/C18H26F3N3O2/c1-17(2,3)26-23-11-7-8-14(12-23)13-24(16(25)18(19,20)21)22-15-9-5-4-6-10-15/h4-6,9-10,14,22H,7-8,11-13H2,1-3H3/t14-/m0/s1. The van der Waals surface area contributed by atoms with Crippen LogP contribution in [0.5, 0.6) is 0 Å². The molecule has 0 aromatic heterocycles. The lowest BCUT2D eigenvalue weighted by Crippen LogP contribution is -2.50. The monoisotopic (exact) mass is 373 g/mol. The summed E-state index contributed by atoms with van der Waals surface area (Å²) in [5, 5.41) is 2.45. The second kappa shape index (κ2) is 8.26. The molecule has 1 fully saturated rings. The van der Waals surface area contributed by atoms with Gasteiger partial charge in [-0.05, 0) is 51.7 Å². The largest absolute Gasteiger partial charge is 0.473 e. The van der Waals surface area contributed by atoms with Crippen LogP contribution in [0.25, 0.3) is 0 Å². The number of hydrogen-bond donors (Lipinski definition) is 1. The summed E-state index contributed by atoms with van der Waals surface area (Å²) in [6.07, 6.45) is -3.39. The van der Waals surface area contributed by atoms with E-state index in [0.717, 1.165) is 19.4 Å². The summed E-state index contributed by atoms with van der Waals surface area (Å²) in [5.74, 6) is -2.01. The van der Waals surface area contributed by atoms with Crippen LogP contribution < -0.4 is 5.43 Å². The van der Waals surface area contributed by atoms with Crippen molar-refractivity contribution in [3.05, 3.63) is 30.3 Å². The fraction of sp³-hybridized carbons (Fsp3) is 0.611. The van der Waals surface area contributed by atoms with E-state index in [0.29, 0.717) is 17.2 Å². The lowest BCUT2D eigenvalue weighted by atomic mass is 9.99. The zero-order chi connectivity index (χ0) is 19.4. The number of hydroxylamine groups is 2. The molecular formula is C18H26F3N3O2. The Morgan fingerprint density at radius 2 is 1.92 bits per heavy atom. The molecule has 1 N–H and O–H groups in total. The van der Waals surface area contributed by atoms with Gasteiger partial charge in [0.1, 0.15) is 0 Å². The molecule has 1 aromatic carbocycles. The third-order valence-electron chi connectivity index (χ3n) is 3.85. The first kappa shape index (κ1) is 20.5. The highest BCUT2D eigenvalue weighted by atomic mass is 19.4. The van der Waals surface area contributed by atoms with Crippen molar-refractivity contribution >= 4 is 11.6 Å². The van der Waals surface area contributed by atoms with E-state index >= 15 is 0 Å². The molecule has 0 radical (unpaired) electrons. The van der Waals surface area contributed by atoms with Crippen molar-refractivity contribution in [3.63, 3.8) is 0 Å². The number of hydrazine groups is 1. The molecule has 1 aliphatic heterocycles. The van der Waals surface area contributed by atoms with Gasteiger partial charge >= 0.3 is 12.1 Å². The van der Waals surface area contributed by atoms with E-state index in [1.165, 1.54) is 0 Å². The third kappa shape index (κ3) is 6.49. The maximum Gasteiger partial charge on any atom is 0.473 e. The third-order valence-corrected chi connectivity index (χ3v) is 3.85. The Morgan fingerprint density at radius 3 is 2.50 bits per heavy atom. The van der Waals surface area contributed by atoms with Crippen LogP contribution in [0.4, 0.5) is 18.9 Å². The number of para-hydroxylation sites is 1. The fourth-order valence-corrected chi connectivity index (χ4v) is 2.91. The summed E-state index contributed by atoms with van der Waals surface area (Å²) in [7, 11) is 0. The van der Waals surface area contributed by atoms with Crippen LogP contribution in [0.15, 0.2) is 30.3 Å². The van der Waals surface area contributed by atoms with Gasteiger partial charge in [-0.1, -0.05) is 18.2 Å². The summed E-state index contributed by atoms with van der Waals surface area (Å²) < 4.78 is 39.0. The second-order valence-electron chi connectivity index (χ2n) is 7.49. The number of alkyl halides is 3. The van der Waals surface area contributed by atoms with Gasteiger partial charge in [0.2, 0.25) is 0 Å². The van der Waals surface area contributed by atoms with Gasteiger partial charge in [0.25, 0.3) is 0 Å². The predicted octanol–water partition coefficient (Wildman–Crippen LogP) is 3.85. The first-order chi connectivity index (χ1) is 12.0. The van der Waals surface area contributed by atoms with Gasteiger partial charge in [0.05, 0.1) is 11.3 Å². The van der Waals surface area contributed by atoms with Crippen molar-refractivity contribution in [1.29, 1.82) is 0 Å². The molecule has 1 amide bonds. The zero-order valence-corrected chi connectivity index (χ0v) is 15.3. The molecule has 1 saturated heterocycles. The molecule has 0 spiro atoms. The van der Waals surface area contributed by atoms with Gasteiger partial charge in [-0.25, -0.2) is 5.01 Å². The Bertz CT molecular complexity index is 588. The average Bonchev–Trinajstić information content (AvgIpc) is 2.52. The quantitative estimate of drug-likeness (QED) is 0.797. The van der Waals surface area contributed by atoms with Crippen LogP contribution in [0.3, 0.4) is 0 Å². The van der Waals surface area contributed by atoms with E-state index in [1.807, 2.05) is 20.8 Å². The van der Waals surface area contributed by atoms with Gasteiger partial charge in [-0.3, -0.25) is 15.1 Å². The van der Waals surface area contributed by atoms with Gasteiger partial charge in [0, 0.05) is 19.6 Å². The molecule has 0 saturated carbocycles. The number of amides is 1. The summed E-state index contributed by atoms with van der Waals surface area (Å²) in [5.41, 5.74) is 2.66. The smallest absolute Gasteiger partial charge is 0.296 e. The Morgan fingerprint density at radius 1 is 1.27 bits per heavy atom. The normalized spacial score (nSPS) is 19.2. The molecule has 0 aliphatic carbocycles. The number of hydrogen-bond acceptors (Lipinski definition) is 4. The van der Waals surface area contributed by atoms with Crippen molar-refractivity contribution in [3.8, 4) is 0 Å². The molecule has 1 heterocycles. The second-order valence-corrected chi connectivity index (χ2v) is 7.49. The number of halogens is 3.